The second-order valence-corrected chi connectivity index (χ2v) is 6.44. The Morgan fingerprint density at radius 1 is 0.704 bits per heavy atom. The van der Waals surface area contributed by atoms with Crippen molar-refractivity contribution in [2.75, 3.05) is 7.11 Å². The Morgan fingerprint density at radius 2 is 1.37 bits per heavy atom. The summed E-state index contributed by atoms with van der Waals surface area (Å²) in [5.74, 6) is 1.44. The van der Waals surface area contributed by atoms with Crippen LogP contribution in [0.3, 0.4) is 0 Å². The molecule has 0 atom stereocenters. The maximum Gasteiger partial charge on any atom is 0.160 e. The van der Waals surface area contributed by atoms with E-state index >= 15 is 0 Å². The summed E-state index contributed by atoms with van der Waals surface area (Å²) in [6.45, 7) is 0. The molecule has 0 aliphatic rings. The van der Waals surface area contributed by atoms with Crippen LogP contribution in [0.15, 0.2) is 84.9 Å². The standard InChI is InChI=1S/C23H17ClN2O/c1-27-18-13-11-17(12-14-18)23-25-21(16-7-3-2-4-8-16)15-22(26-23)19-9-5-6-10-20(19)24/h2-15H,1H3. The molecule has 1 aromatic heterocycles. The molecule has 0 unspecified atom stereocenters. The highest BCUT2D eigenvalue weighted by Gasteiger charge is 2.12. The number of rotatable bonds is 4. The number of hydrogen-bond acceptors (Lipinski definition) is 3. The molecule has 3 nitrogen and oxygen atoms in total. The third-order valence-electron chi connectivity index (χ3n) is 4.29. The zero-order chi connectivity index (χ0) is 18.6. The van der Waals surface area contributed by atoms with Gasteiger partial charge < -0.3 is 4.74 Å². The summed E-state index contributed by atoms with van der Waals surface area (Å²) >= 11 is 6.42. The Hall–Kier alpha value is -3.17. The maximum atomic E-state index is 6.42. The average Bonchev–Trinajstić information content (AvgIpc) is 2.74. The van der Waals surface area contributed by atoms with Gasteiger partial charge >= 0.3 is 0 Å². The average molecular weight is 373 g/mol. The van der Waals surface area contributed by atoms with Crippen molar-refractivity contribution in [3.05, 3.63) is 90.0 Å². The van der Waals surface area contributed by atoms with Crippen LogP contribution in [-0.2, 0) is 0 Å². The summed E-state index contributed by atoms with van der Waals surface area (Å²) in [5.41, 5.74) is 4.48. The lowest BCUT2D eigenvalue weighted by Crippen LogP contribution is -1.96. The smallest absolute Gasteiger partial charge is 0.160 e. The molecule has 0 saturated carbocycles. The van der Waals surface area contributed by atoms with Gasteiger partial charge in [0.05, 0.1) is 18.5 Å². The van der Waals surface area contributed by atoms with Gasteiger partial charge in [-0.25, -0.2) is 9.97 Å². The van der Waals surface area contributed by atoms with Crippen molar-refractivity contribution in [1.29, 1.82) is 0 Å². The van der Waals surface area contributed by atoms with E-state index in [1.165, 1.54) is 0 Å². The number of ether oxygens (including phenoxy) is 1. The highest BCUT2D eigenvalue weighted by Crippen LogP contribution is 2.31. The van der Waals surface area contributed by atoms with Crippen LogP contribution >= 0.6 is 11.6 Å². The van der Waals surface area contributed by atoms with Gasteiger partial charge in [0.1, 0.15) is 5.75 Å². The largest absolute Gasteiger partial charge is 0.497 e. The molecule has 0 saturated heterocycles. The first-order valence-electron chi connectivity index (χ1n) is 8.58. The number of aromatic nitrogens is 2. The van der Waals surface area contributed by atoms with Gasteiger partial charge in [0, 0.05) is 21.7 Å². The molecule has 1 heterocycles. The molecule has 0 radical (unpaired) electrons. The molecule has 132 valence electrons. The lowest BCUT2D eigenvalue weighted by molar-refractivity contribution is 0.415. The van der Waals surface area contributed by atoms with Crippen molar-refractivity contribution in [2.24, 2.45) is 0 Å². The van der Waals surface area contributed by atoms with Gasteiger partial charge in [-0.2, -0.15) is 0 Å². The number of hydrogen-bond donors (Lipinski definition) is 0. The molecule has 0 aliphatic carbocycles. The highest BCUT2D eigenvalue weighted by molar-refractivity contribution is 6.33. The molecule has 0 bridgehead atoms. The van der Waals surface area contributed by atoms with Gasteiger partial charge in [0.2, 0.25) is 0 Å². The quantitative estimate of drug-likeness (QED) is 0.431. The van der Waals surface area contributed by atoms with Gasteiger partial charge in [-0.15, -0.1) is 0 Å². The van der Waals surface area contributed by atoms with E-state index in [9.17, 15) is 0 Å². The third kappa shape index (κ3) is 3.69. The van der Waals surface area contributed by atoms with Crippen LogP contribution in [0, 0.1) is 0 Å². The second kappa shape index (κ2) is 7.60. The lowest BCUT2D eigenvalue weighted by atomic mass is 10.1. The molecule has 0 fully saturated rings. The van der Waals surface area contributed by atoms with E-state index in [0.717, 1.165) is 33.8 Å². The van der Waals surface area contributed by atoms with E-state index in [4.69, 9.17) is 26.3 Å². The van der Waals surface area contributed by atoms with Crippen molar-refractivity contribution in [1.82, 2.24) is 9.97 Å². The molecule has 27 heavy (non-hydrogen) atoms. The first kappa shape index (κ1) is 17.3. The molecule has 0 aliphatic heterocycles. The molecule has 3 aromatic carbocycles. The fourth-order valence-electron chi connectivity index (χ4n) is 2.88. The molecule has 0 N–H and O–H groups in total. The van der Waals surface area contributed by atoms with Crippen LogP contribution in [0.2, 0.25) is 5.02 Å². The van der Waals surface area contributed by atoms with Gasteiger partial charge in [0.25, 0.3) is 0 Å². The third-order valence-corrected chi connectivity index (χ3v) is 4.62. The highest BCUT2D eigenvalue weighted by atomic mass is 35.5. The summed E-state index contributed by atoms with van der Waals surface area (Å²) < 4.78 is 5.25. The Bertz CT molecular complexity index is 1060. The van der Waals surface area contributed by atoms with E-state index < -0.39 is 0 Å². The monoisotopic (exact) mass is 372 g/mol. The zero-order valence-corrected chi connectivity index (χ0v) is 15.5. The Balaban J connectivity index is 1.90. The number of halogens is 1. The minimum absolute atomic E-state index is 0.647. The van der Waals surface area contributed by atoms with Crippen LogP contribution in [0.4, 0.5) is 0 Å². The first-order valence-corrected chi connectivity index (χ1v) is 8.96. The van der Waals surface area contributed by atoms with Crippen LogP contribution in [-0.4, -0.2) is 17.1 Å². The second-order valence-electron chi connectivity index (χ2n) is 6.04. The van der Waals surface area contributed by atoms with Crippen molar-refractivity contribution in [3.63, 3.8) is 0 Å². The Kier molecular flexibility index (Phi) is 4.86. The number of benzene rings is 3. The maximum absolute atomic E-state index is 6.42. The van der Waals surface area contributed by atoms with Crippen molar-refractivity contribution in [3.8, 4) is 39.7 Å². The first-order chi connectivity index (χ1) is 13.2. The van der Waals surface area contributed by atoms with Gasteiger partial charge in [-0.3, -0.25) is 0 Å². The Morgan fingerprint density at radius 3 is 2.07 bits per heavy atom. The Labute approximate surface area is 163 Å². The van der Waals surface area contributed by atoms with E-state index in [-0.39, 0.29) is 0 Å². The number of nitrogens with zero attached hydrogens (tertiary/aromatic N) is 2. The summed E-state index contributed by atoms with van der Waals surface area (Å²) in [7, 11) is 1.65. The van der Waals surface area contributed by atoms with E-state index in [0.29, 0.717) is 10.8 Å². The minimum atomic E-state index is 0.647. The van der Waals surface area contributed by atoms with Crippen molar-refractivity contribution < 1.29 is 4.74 Å². The normalized spacial score (nSPS) is 10.6. The number of methoxy groups -OCH3 is 1. The molecule has 4 heteroatoms. The van der Waals surface area contributed by atoms with E-state index in [1.54, 1.807) is 7.11 Å². The van der Waals surface area contributed by atoms with Gasteiger partial charge in [0.15, 0.2) is 5.82 Å². The van der Waals surface area contributed by atoms with Crippen molar-refractivity contribution >= 4 is 11.6 Å². The molecule has 4 aromatic rings. The minimum Gasteiger partial charge on any atom is -0.497 e. The molecule has 4 rings (SSSR count). The summed E-state index contributed by atoms with van der Waals surface area (Å²) in [6.07, 6.45) is 0. The van der Waals surface area contributed by atoms with Crippen LogP contribution in [0.1, 0.15) is 0 Å². The van der Waals surface area contributed by atoms with E-state index in [1.807, 2.05) is 84.9 Å². The van der Waals surface area contributed by atoms with Gasteiger partial charge in [-0.05, 0) is 36.4 Å². The summed E-state index contributed by atoms with van der Waals surface area (Å²) in [4.78, 5) is 9.57. The topological polar surface area (TPSA) is 35.0 Å². The van der Waals surface area contributed by atoms with Crippen LogP contribution < -0.4 is 4.74 Å². The SMILES string of the molecule is COc1ccc(-c2nc(-c3ccccc3)cc(-c3ccccc3Cl)n2)cc1. The predicted octanol–water partition coefficient (Wildman–Crippen LogP) is 6.14. The predicted molar refractivity (Wildman–Crippen MR) is 110 cm³/mol. The fraction of sp³-hybridized carbons (Fsp3) is 0.0435. The molecular formula is C23H17ClN2O. The van der Waals surface area contributed by atoms with Crippen LogP contribution in [0.25, 0.3) is 33.9 Å². The molecule has 0 amide bonds. The molecular weight excluding hydrogens is 356 g/mol. The van der Waals surface area contributed by atoms with Gasteiger partial charge in [-0.1, -0.05) is 60.1 Å². The summed E-state index contributed by atoms with van der Waals surface area (Å²) in [5, 5.41) is 0.663. The zero-order valence-electron chi connectivity index (χ0n) is 14.8. The van der Waals surface area contributed by atoms with E-state index in [2.05, 4.69) is 0 Å². The summed E-state index contributed by atoms with van der Waals surface area (Å²) in [6, 6.07) is 27.5. The van der Waals surface area contributed by atoms with Crippen LogP contribution in [0.5, 0.6) is 5.75 Å². The lowest BCUT2D eigenvalue weighted by Gasteiger charge is -2.10. The van der Waals surface area contributed by atoms with Crippen molar-refractivity contribution in [2.45, 2.75) is 0 Å². The molecule has 0 spiro atoms. The fourth-order valence-corrected chi connectivity index (χ4v) is 3.11.